The zero-order chi connectivity index (χ0) is 13.0. The highest BCUT2D eigenvalue weighted by Crippen LogP contribution is 2.16. The van der Waals surface area contributed by atoms with Crippen molar-refractivity contribution >= 4 is 5.95 Å². The van der Waals surface area contributed by atoms with Crippen LogP contribution in [0.3, 0.4) is 0 Å². The van der Waals surface area contributed by atoms with Gasteiger partial charge in [-0.15, -0.1) is 0 Å². The highest BCUT2D eigenvalue weighted by molar-refractivity contribution is 5.30. The molecule has 2 N–H and O–H groups in total. The van der Waals surface area contributed by atoms with Crippen molar-refractivity contribution in [3.05, 3.63) is 17.5 Å². The number of rotatable bonds is 3. The first-order valence-electron chi connectivity index (χ1n) is 6.98. The van der Waals surface area contributed by atoms with E-state index < -0.39 is 0 Å². The summed E-state index contributed by atoms with van der Waals surface area (Å²) < 4.78 is 0. The number of hydrogen-bond donors (Lipinski definition) is 2. The van der Waals surface area contributed by atoms with Crippen LogP contribution in [0.4, 0.5) is 5.95 Å². The van der Waals surface area contributed by atoms with Gasteiger partial charge in [-0.2, -0.15) is 0 Å². The van der Waals surface area contributed by atoms with E-state index >= 15 is 0 Å². The Balaban J connectivity index is 2.07. The van der Waals surface area contributed by atoms with Crippen molar-refractivity contribution in [1.82, 2.24) is 15.3 Å². The van der Waals surface area contributed by atoms with Crippen LogP contribution in [0.2, 0.25) is 0 Å². The minimum atomic E-state index is 0.444. The smallest absolute Gasteiger partial charge is 0.223 e. The molecule has 2 heterocycles. The predicted octanol–water partition coefficient (Wildman–Crippen LogP) is 2.46. The Morgan fingerprint density at radius 2 is 2.17 bits per heavy atom. The molecular weight excluding hydrogens is 224 g/mol. The van der Waals surface area contributed by atoms with Crippen molar-refractivity contribution in [3.63, 3.8) is 0 Å². The minimum absolute atomic E-state index is 0.444. The molecule has 0 aliphatic carbocycles. The standard InChI is InChI=1S/C14H24N4/c1-10(2)13-8-11(3)16-14(18-13)17-12-6-4-5-7-15-9-12/h8,10,12,15H,4-7,9H2,1-3H3,(H,16,17,18). The van der Waals surface area contributed by atoms with Crippen molar-refractivity contribution in [2.75, 3.05) is 18.4 Å². The summed E-state index contributed by atoms with van der Waals surface area (Å²) >= 11 is 0. The molecule has 0 bridgehead atoms. The van der Waals surface area contributed by atoms with Crippen LogP contribution in [0, 0.1) is 6.92 Å². The third-order valence-corrected chi connectivity index (χ3v) is 3.35. The maximum Gasteiger partial charge on any atom is 0.223 e. The molecule has 1 aliphatic heterocycles. The van der Waals surface area contributed by atoms with Crippen LogP contribution < -0.4 is 10.6 Å². The van der Waals surface area contributed by atoms with Crippen LogP contribution in [0.25, 0.3) is 0 Å². The molecule has 0 saturated carbocycles. The Morgan fingerprint density at radius 3 is 2.94 bits per heavy atom. The van der Waals surface area contributed by atoms with E-state index in [1.165, 1.54) is 19.3 Å². The summed E-state index contributed by atoms with van der Waals surface area (Å²) in [6, 6.07) is 2.52. The third-order valence-electron chi connectivity index (χ3n) is 3.35. The number of nitrogens with one attached hydrogen (secondary N) is 2. The van der Waals surface area contributed by atoms with Crippen molar-refractivity contribution < 1.29 is 0 Å². The van der Waals surface area contributed by atoms with Gasteiger partial charge in [0.15, 0.2) is 0 Å². The molecule has 1 aliphatic rings. The molecule has 1 atom stereocenters. The molecule has 18 heavy (non-hydrogen) atoms. The van der Waals surface area contributed by atoms with E-state index in [0.717, 1.165) is 30.4 Å². The Morgan fingerprint density at radius 1 is 1.33 bits per heavy atom. The minimum Gasteiger partial charge on any atom is -0.350 e. The summed E-state index contributed by atoms with van der Waals surface area (Å²) in [5.41, 5.74) is 2.16. The van der Waals surface area contributed by atoms with Gasteiger partial charge in [-0.1, -0.05) is 20.3 Å². The lowest BCUT2D eigenvalue weighted by Gasteiger charge is -2.17. The van der Waals surface area contributed by atoms with Gasteiger partial charge >= 0.3 is 0 Å². The van der Waals surface area contributed by atoms with Gasteiger partial charge in [0.1, 0.15) is 0 Å². The Hall–Kier alpha value is -1.16. The summed E-state index contributed by atoms with van der Waals surface area (Å²) in [6.45, 7) is 8.50. The Bertz CT molecular complexity index is 381. The molecule has 1 aromatic rings. The average Bonchev–Trinajstić information content (AvgIpc) is 2.57. The Labute approximate surface area is 110 Å². The normalized spacial score (nSPS) is 20.8. The summed E-state index contributed by atoms with van der Waals surface area (Å²) in [7, 11) is 0. The molecule has 0 amide bonds. The maximum absolute atomic E-state index is 4.61. The number of aromatic nitrogens is 2. The van der Waals surface area contributed by atoms with E-state index in [1.54, 1.807) is 0 Å². The summed E-state index contributed by atoms with van der Waals surface area (Å²) in [5.74, 6) is 1.23. The molecule has 2 rings (SSSR count). The second-order valence-corrected chi connectivity index (χ2v) is 5.45. The molecule has 1 aromatic heterocycles. The fraction of sp³-hybridized carbons (Fsp3) is 0.714. The Kier molecular flexibility index (Phi) is 4.53. The van der Waals surface area contributed by atoms with Gasteiger partial charge in [-0.3, -0.25) is 0 Å². The fourth-order valence-corrected chi connectivity index (χ4v) is 2.28. The zero-order valence-electron chi connectivity index (χ0n) is 11.7. The lowest BCUT2D eigenvalue weighted by atomic mass is 10.1. The lowest BCUT2D eigenvalue weighted by Crippen LogP contribution is -2.31. The van der Waals surface area contributed by atoms with Crippen LogP contribution in [-0.2, 0) is 0 Å². The van der Waals surface area contributed by atoms with Gasteiger partial charge in [-0.25, -0.2) is 9.97 Å². The molecule has 1 unspecified atom stereocenters. The van der Waals surface area contributed by atoms with E-state index in [4.69, 9.17) is 0 Å². The number of hydrogen-bond acceptors (Lipinski definition) is 4. The second-order valence-electron chi connectivity index (χ2n) is 5.45. The molecule has 4 nitrogen and oxygen atoms in total. The third kappa shape index (κ3) is 3.67. The summed E-state index contributed by atoms with van der Waals surface area (Å²) in [5, 5.41) is 6.92. The largest absolute Gasteiger partial charge is 0.350 e. The van der Waals surface area contributed by atoms with Crippen LogP contribution in [-0.4, -0.2) is 29.1 Å². The fourth-order valence-electron chi connectivity index (χ4n) is 2.28. The summed E-state index contributed by atoms with van der Waals surface area (Å²) in [6.07, 6.45) is 3.74. The van der Waals surface area contributed by atoms with E-state index in [9.17, 15) is 0 Å². The highest BCUT2D eigenvalue weighted by atomic mass is 15.1. The first-order chi connectivity index (χ1) is 8.65. The van der Waals surface area contributed by atoms with Crippen molar-refractivity contribution in [3.8, 4) is 0 Å². The topological polar surface area (TPSA) is 49.8 Å². The van der Waals surface area contributed by atoms with Crippen LogP contribution in [0.15, 0.2) is 6.07 Å². The molecular formula is C14H24N4. The van der Waals surface area contributed by atoms with Crippen LogP contribution in [0.5, 0.6) is 0 Å². The number of aryl methyl sites for hydroxylation is 1. The van der Waals surface area contributed by atoms with E-state index in [-0.39, 0.29) is 0 Å². The monoisotopic (exact) mass is 248 g/mol. The van der Waals surface area contributed by atoms with E-state index in [0.29, 0.717) is 12.0 Å². The predicted molar refractivity (Wildman–Crippen MR) is 75.0 cm³/mol. The molecule has 0 spiro atoms. The first-order valence-corrected chi connectivity index (χ1v) is 6.98. The molecule has 0 radical (unpaired) electrons. The van der Waals surface area contributed by atoms with Gasteiger partial charge in [-0.05, 0) is 38.3 Å². The van der Waals surface area contributed by atoms with Crippen LogP contribution in [0.1, 0.15) is 50.4 Å². The second kappa shape index (κ2) is 6.14. The van der Waals surface area contributed by atoms with E-state index in [2.05, 4.69) is 40.5 Å². The molecule has 1 fully saturated rings. The first kappa shape index (κ1) is 13.3. The molecule has 1 saturated heterocycles. The number of nitrogens with zero attached hydrogens (tertiary/aromatic N) is 2. The van der Waals surface area contributed by atoms with Gasteiger partial charge in [0.05, 0.1) is 0 Å². The highest BCUT2D eigenvalue weighted by Gasteiger charge is 2.13. The summed E-state index contributed by atoms with van der Waals surface area (Å²) in [4.78, 5) is 9.10. The van der Waals surface area contributed by atoms with Gasteiger partial charge in [0, 0.05) is 24.0 Å². The number of anilines is 1. The average molecular weight is 248 g/mol. The molecule has 4 heteroatoms. The molecule has 0 aromatic carbocycles. The van der Waals surface area contributed by atoms with Crippen molar-refractivity contribution in [2.24, 2.45) is 0 Å². The van der Waals surface area contributed by atoms with Crippen molar-refractivity contribution in [2.45, 2.75) is 52.0 Å². The molecule has 100 valence electrons. The quantitative estimate of drug-likeness (QED) is 0.862. The van der Waals surface area contributed by atoms with Crippen molar-refractivity contribution in [1.29, 1.82) is 0 Å². The zero-order valence-corrected chi connectivity index (χ0v) is 11.7. The maximum atomic E-state index is 4.61. The van der Waals surface area contributed by atoms with Crippen LogP contribution >= 0.6 is 0 Å². The van der Waals surface area contributed by atoms with Gasteiger partial charge < -0.3 is 10.6 Å². The van der Waals surface area contributed by atoms with Gasteiger partial charge in [0.2, 0.25) is 5.95 Å². The lowest BCUT2D eigenvalue weighted by molar-refractivity contribution is 0.629. The SMILES string of the molecule is Cc1cc(C(C)C)nc(NC2CCCCNC2)n1. The van der Waals surface area contributed by atoms with Gasteiger partial charge in [0.25, 0.3) is 0 Å². The van der Waals surface area contributed by atoms with E-state index in [1.807, 2.05) is 6.92 Å².